The average Bonchev–Trinajstić information content (AvgIpc) is 2.76. The predicted octanol–water partition coefficient (Wildman–Crippen LogP) is -0.749. The SMILES string of the molecule is C[C@@H](O)[C@H](NC(=O)N(C)C1CCOC1)C(=O)O. The highest BCUT2D eigenvalue weighted by Gasteiger charge is 2.29. The van der Waals surface area contributed by atoms with Gasteiger partial charge in [0.1, 0.15) is 0 Å². The summed E-state index contributed by atoms with van der Waals surface area (Å²) in [5.41, 5.74) is 0. The Morgan fingerprint density at radius 2 is 2.18 bits per heavy atom. The number of aliphatic carboxylic acids is 1. The number of rotatable bonds is 4. The number of hydrogen-bond acceptors (Lipinski definition) is 4. The number of carboxylic acids is 1. The van der Waals surface area contributed by atoms with Gasteiger partial charge in [-0.15, -0.1) is 0 Å². The molecule has 0 aromatic heterocycles. The number of aliphatic hydroxyl groups excluding tert-OH is 1. The van der Waals surface area contributed by atoms with E-state index in [1.54, 1.807) is 7.05 Å². The molecule has 1 heterocycles. The number of ether oxygens (including phenoxy) is 1. The van der Waals surface area contributed by atoms with E-state index < -0.39 is 24.1 Å². The van der Waals surface area contributed by atoms with Crippen LogP contribution in [-0.4, -0.2) is 65.6 Å². The molecule has 0 radical (unpaired) electrons. The molecule has 1 rings (SSSR count). The summed E-state index contributed by atoms with van der Waals surface area (Å²) in [6, 6.07) is -1.86. The van der Waals surface area contributed by atoms with Gasteiger partial charge < -0.3 is 25.2 Å². The molecule has 7 heteroatoms. The minimum Gasteiger partial charge on any atom is -0.480 e. The van der Waals surface area contributed by atoms with Crippen molar-refractivity contribution in [2.45, 2.75) is 31.5 Å². The fourth-order valence-corrected chi connectivity index (χ4v) is 1.62. The van der Waals surface area contributed by atoms with E-state index in [1.165, 1.54) is 11.8 Å². The summed E-state index contributed by atoms with van der Waals surface area (Å²) in [4.78, 5) is 23.9. The second-order valence-corrected chi connectivity index (χ2v) is 4.13. The molecule has 7 nitrogen and oxygen atoms in total. The van der Waals surface area contributed by atoms with Gasteiger partial charge in [-0.05, 0) is 13.3 Å². The molecule has 0 aromatic carbocycles. The molecule has 0 spiro atoms. The van der Waals surface area contributed by atoms with Crippen LogP contribution in [0.1, 0.15) is 13.3 Å². The zero-order valence-electron chi connectivity index (χ0n) is 9.92. The van der Waals surface area contributed by atoms with Gasteiger partial charge in [0.25, 0.3) is 0 Å². The van der Waals surface area contributed by atoms with Gasteiger partial charge in [0.15, 0.2) is 6.04 Å². The molecule has 17 heavy (non-hydrogen) atoms. The van der Waals surface area contributed by atoms with E-state index in [0.29, 0.717) is 13.2 Å². The highest BCUT2D eigenvalue weighted by Crippen LogP contribution is 2.10. The van der Waals surface area contributed by atoms with Crippen LogP contribution in [0.3, 0.4) is 0 Å². The molecule has 1 unspecified atom stereocenters. The Morgan fingerprint density at radius 1 is 1.53 bits per heavy atom. The average molecular weight is 246 g/mol. The largest absolute Gasteiger partial charge is 0.480 e. The third kappa shape index (κ3) is 3.57. The summed E-state index contributed by atoms with van der Waals surface area (Å²) in [6.45, 7) is 2.37. The van der Waals surface area contributed by atoms with Crippen molar-refractivity contribution in [3.05, 3.63) is 0 Å². The molecule has 0 aromatic rings. The lowest BCUT2D eigenvalue weighted by Crippen LogP contribution is -2.53. The number of aliphatic hydroxyl groups is 1. The molecule has 3 atom stereocenters. The van der Waals surface area contributed by atoms with Gasteiger partial charge in [0, 0.05) is 13.7 Å². The molecule has 1 aliphatic heterocycles. The third-order valence-electron chi connectivity index (χ3n) is 2.80. The zero-order chi connectivity index (χ0) is 13.0. The molecule has 98 valence electrons. The molecular formula is C10H18N2O5. The van der Waals surface area contributed by atoms with E-state index in [9.17, 15) is 14.7 Å². The second kappa shape index (κ2) is 5.83. The van der Waals surface area contributed by atoms with Crippen LogP contribution in [0.15, 0.2) is 0 Å². The Balaban J connectivity index is 2.54. The van der Waals surface area contributed by atoms with Crippen LogP contribution in [0.25, 0.3) is 0 Å². The van der Waals surface area contributed by atoms with Crippen molar-refractivity contribution in [3.8, 4) is 0 Å². The third-order valence-corrected chi connectivity index (χ3v) is 2.80. The number of hydrogen-bond donors (Lipinski definition) is 3. The van der Waals surface area contributed by atoms with E-state index in [1.807, 2.05) is 0 Å². The Labute approximate surface area is 99.4 Å². The van der Waals surface area contributed by atoms with E-state index >= 15 is 0 Å². The summed E-state index contributed by atoms with van der Waals surface area (Å²) in [5, 5.41) is 20.3. The van der Waals surface area contributed by atoms with Crippen LogP contribution in [0.5, 0.6) is 0 Å². The summed E-state index contributed by atoms with van der Waals surface area (Å²) in [5.74, 6) is -1.26. The highest BCUT2D eigenvalue weighted by atomic mass is 16.5. The molecule has 0 aliphatic carbocycles. The number of nitrogens with one attached hydrogen (secondary N) is 1. The summed E-state index contributed by atoms with van der Waals surface area (Å²) in [7, 11) is 1.58. The van der Waals surface area contributed by atoms with Gasteiger partial charge in [-0.2, -0.15) is 0 Å². The van der Waals surface area contributed by atoms with Crippen LogP contribution < -0.4 is 5.32 Å². The Hall–Kier alpha value is -1.34. The summed E-state index contributed by atoms with van der Waals surface area (Å²) >= 11 is 0. The van der Waals surface area contributed by atoms with E-state index in [4.69, 9.17) is 9.84 Å². The molecule has 1 fully saturated rings. The van der Waals surface area contributed by atoms with Crippen molar-refractivity contribution in [2.24, 2.45) is 0 Å². The first-order valence-electron chi connectivity index (χ1n) is 5.45. The monoisotopic (exact) mass is 246 g/mol. The molecule has 0 bridgehead atoms. The van der Waals surface area contributed by atoms with Crippen LogP contribution in [0.4, 0.5) is 4.79 Å². The molecule has 0 saturated carbocycles. The van der Waals surface area contributed by atoms with Gasteiger partial charge in [-0.3, -0.25) is 0 Å². The quantitative estimate of drug-likeness (QED) is 0.606. The summed E-state index contributed by atoms with van der Waals surface area (Å²) < 4.78 is 5.14. The maximum absolute atomic E-state index is 11.7. The lowest BCUT2D eigenvalue weighted by molar-refractivity contribution is -0.141. The van der Waals surface area contributed by atoms with Gasteiger partial charge in [-0.1, -0.05) is 0 Å². The number of likely N-dealkylation sites (N-methyl/N-ethyl adjacent to an activating group) is 1. The summed E-state index contributed by atoms with van der Waals surface area (Å²) in [6.07, 6.45) is -0.416. The normalized spacial score (nSPS) is 22.9. The van der Waals surface area contributed by atoms with Crippen molar-refractivity contribution in [1.29, 1.82) is 0 Å². The Kier molecular flexibility index (Phi) is 4.71. The van der Waals surface area contributed by atoms with Gasteiger partial charge in [-0.25, -0.2) is 9.59 Å². The molecular weight excluding hydrogens is 228 g/mol. The van der Waals surface area contributed by atoms with Crippen molar-refractivity contribution in [3.63, 3.8) is 0 Å². The first kappa shape index (κ1) is 13.7. The van der Waals surface area contributed by atoms with E-state index in [2.05, 4.69) is 5.32 Å². The fourth-order valence-electron chi connectivity index (χ4n) is 1.62. The second-order valence-electron chi connectivity index (χ2n) is 4.13. The Bertz CT molecular complexity index is 288. The smallest absolute Gasteiger partial charge is 0.328 e. The first-order valence-corrected chi connectivity index (χ1v) is 5.45. The van der Waals surface area contributed by atoms with Crippen LogP contribution in [0, 0.1) is 0 Å². The molecule has 1 aliphatic rings. The van der Waals surface area contributed by atoms with E-state index in [-0.39, 0.29) is 6.04 Å². The van der Waals surface area contributed by atoms with Gasteiger partial charge in [0.2, 0.25) is 0 Å². The van der Waals surface area contributed by atoms with Gasteiger partial charge in [0.05, 0.1) is 18.8 Å². The molecule has 1 saturated heterocycles. The van der Waals surface area contributed by atoms with Gasteiger partial charge >= 0.3 is 12.0 Å². The Morgan fingerprint density at radius 3 is 2.59 bits per heavy atom. The van der Waals surface area contributed by atoms with Crippen molar-refractivity contribution in [2.75, 3.05) is 20.3 Å². The number of carbonyl (C=O) groups excluding carboxylic acids is 1. The van der Waals surface area contributed by atoms with E-state index in [0.717, 1.165) is 6.42 Å². The number of carboxylic acid groups (broad SMARTS) is 1. The topological polar surface area (TPSA) is 99.1 Å². The van der Waals surface area contributed by atoms with Crippen molar-refractivity contribution in [1.82, 2.24) is 10.2 Å². The highest BCUT2D eigenvalue weighted by molar-refractivity contribution is 5.83. The number of nitrogens with zero attached hydrogens (tertiary/aromatic N) is 1. The predicted molar refractivity (Wildman–Crippen MR) is 58.6 cm³/mol. The van der Waals surface area contributed by atoms with Crippen molar-refractivity contribution < 1.29 is 24.5 Å². The standard InChI is InChI=1S/C10H18N2O5/c1-6(13)8(9(14)15)11-10(16)12(2)7-3-4-17-5-7/h6-8,13H,3-5H2,1-2H3,(H,11,16)(H,14,15)/t6-,7?,8+/m1/s1. The lowest BCUT2D eigenvalue weighted by atomic mass is 10.2. The van der Waals surface area contributed by atoms with Crippen LogP contribution in [-0.2, 0) is 9.53 Å². The number of amides is 2. The fraction of sp³-hybridized carbons (Fsp3) is 0.800. The number of carbonyl (C=O) groups is 2. The lowest BCUT2D eigenvalue weighted by Gasteiger charge is -2.26. The van der Waals surface area contributed by atoms with Crippen LogP contribution >= 0.6 is 0 Å². The maximum atomic E-state index is 11.7. The maximum Gasteiger partial charge on any atom is 0.328 e. The minimum absolute atomic E-state index is 0.0431. The van der Waals surface area contributed by atoms with Crippen molar-refractivity contribution >= 4 is 12.0 Å². The molecule has 3 N–H and O–H groups in total. The first-order chi connectivity index (χ1) is 7.93. The van der Waals surface area contributed by atoms with Crippen LogP contribution in [0.2, 0.25) is 0 Å². The molecule has 2 amide bonds. The zero-order valence-corrected chi connectivity index (χ0v) is 9.92. The minimum atomic E-state index is -1.30. The number of urea groups is 1.